The van der Waals surface area contributed by atoms with Crippen LogP contribution in [0.25, 0.3) is 10.8 Å². The summed E-state index contributed by atoms with van der Waals surface area (Å²) in [6.07, 6.45) is 2.68. The molecule has 1 aliphatic rings. The van der Waals surface area contributed by atoms with Crippen LogP contribution in [0, 0.1) is 5.92 Å². The van der Waals surface area contributed by atoms with Gasteiger partial charge in [0.2, 0.25) is 0 Å². The van der Waals surface area contributed by atoms with E-state index < -0.39 is 0 Å². The second kappa shape index (κ2) is 6.77. The summed E-state index contributed by atoms with van der Waals surface area (Å²) in [7, 11) is 1.70. The van der Waals surface area contributed by atoms with Crippen LogP contribution in [0.15, 0.2) is 60.7 Å². The molecule has 0 bridgehead atoms. The predicted octanol–water partition coefficient (Wildman–Crippen LogP) is 4.52. The highest BCUT2D eigenvalue weighted by atomic mass is 16.5. The first-order chi connectivity index (χ1) is 12.2. The molecule has 128 valence electrons. The number of nitrogens with one attached hydrogen (secondary N) is 1. The minimum atomic E-state index is 0.163. The first-order valence-corrected chi connectivity index (χ1v) is 8.89. The predicted molar refractivity (Wildman–Crippen MR) is 104 cm³/mol. The summed E-state index contributed by atoms with van der Waals surface area (Å²) in [6.45, 7) is 1.06. The number of benzene rings is 3. The van der Waals surface area contributed by atoms with Gasteiger partial charge in [-0.2, -0.15) is 0 Å². The van der Waals surface area contributed by atoms with Crippen LogP contribution in [-0.4, -0.2) is 13.7 Å². The van der Waals surface area contributed by atoms with Gasteiger partial charge in [-0.15, -0.1) is 0 Å². The first kappa shape index (κ1) is 16.0. The van der Waals surface area contributed by atoms with Gasteiger partial charge in [0.1, 0.15) is 5.75 Å². The number of methoxy groups -OCH3 is 1. The molecule has 1 atom stereocenters. The Bertz CT molecular complexity index is 886. The van der Waals surface area contributed by atoms with Gasteiger partial charge in [0.05, 0.1) is 13.2 Å². The molecule has 0 saturated heterocycles. The van der Waals surface area contributed by atoms with Crippen LogP contribution in [0.3, 0.4) is 0 Å². The Labute approximate surface area is 148 Å². The van der Waals surface area contributed by atoms with Crippen LogP contribution in [0.2, 0.25) is 0 Å². The van der Waals surface area contributed by atoms with Gasteiger partial charge in [-0.1, -0.05) is 30.3 Å². The number of nitrogen functional groups attached to an aromatic ring is 1. The Morgan fingerprint density at radius 2 is 1.76 bits per heavy atom. The second-order valence-electron chi connectivity index (χ2n) is 6.93. The number of hydrogen-bond acceptors (Lipinski definition) is 3. The molecule has 0 radical (unpaired) electrons. The van der Waals surface area contributed by atoms with Crippen molar-refractivity contribution in [1.82, 2.24) is 5.32 Å². The largest absolute Gasteiger partial charge is 0.497 e. The van der Waals surface area contributed by atoms with Gasteiger partial charge in [-0.25, -0.2) is 0 Å². The van der Waals surface area contributed by atoms with Gasteiger partial charge in [0, 0.05) is 5.69 Å². The van der Waals surface area contributed by atoms with E-state index in [1.165, 1.54) is 34.7 Å². The minimum absolute atomic E-state index is 0.163. The fourth-order valence-corrected chi connectivity index (χ4v) is 3.32. The summed E-state index contributed by atoms with van der Waals surface area (Å²) >= 11 is 0. The first-order valence-electron chi connectivity index (χ1n) is 8.89. The average Bonchev–Trinajstić information content (AvgIpc) is 3.46. The van der Waals surface area contributed by atoms with E-state index in [1.807, 2.05) is 18.2 Å². The SMILES string of the molecule is COc1ccc2cc(C(NCC3CC3)c3cccc(N)c3)ccc2c1. The zero-order valence-electron chi connectivity index (χ0n) is 14.5. The molecule has 3 heteroatoms. The molecular formula is C22H24N2O. The zero-order valence-corrected chi connectivity index (χ0v) is 14.5. The van der Waals surface area contributed by atoms with Crippen molar-refractivity contribution in [3.63, 3.8) is 0 Å². The normalized spacial score (nSPS) is 15.2. The maximum atomic E-state index is 6.02. The molecule has 0 aliphatic heterocycles. The summed E-state index contributed by atoms with van der Waals surface area (Å²) in [6, 6.07) is 21.2. The van der Waals surface area contributed by atoms with E-state index in [0.717, 1.165) is 23.9 Å². The third-order valence-electron chi connectivity index (χ3n) is 4.96. The molecule has 0 amide bonds. The number of fused-ring (bicyclic) bond motifs is 1. The van der Waals surface area contributed by atoms with Gasteiger partial charge in [0.15, 0.2) is 0 Å². The summed E-state index contributed by atoms with van der Waals surface area (Å²) in [5.74, 6) is 1.72. The lowest BCUT2D eigenvalue weighted by molar-refractivity contribution is 0.415. The molecule has 0 spiro atoms. The van der Waals surface area contributed by atoms with E-state index in [2.05, 4.69) is 47.8 Å². The average molecular weight is 332 g/mol. The van der Waals surface area contributed by atoms with Crippen LogP contribution >= 0.6 is 0 Å². The lowest BCUT2D eigenvalue weighted by atomic mass is 9.95. The lowest BCUT2D eigenvalue weighted by Crippen LogP contribution is -2.24. The Hall–Kier alpha value is -2.52. The van der Waals surface area contributed by atoms with Gasteiger partial charge >= 0.3 is 0 Å². The van der Waals surface area contributed by atoms with Crippen LogP contribution in [0.1, 0.15) is 30.0 Å². The van der Waals surface area contributed by atoms with Crippen molar-refractivity contribution in [2.24, 2.45) is 5.92 Å². The Balaban J connectivity index is 1.70. The van der Waals surface area contributed by atoms with Crippen molar-refractivity contribution in [2.75, 3.05) is 19.4 Å². The lowest BCUT2D eigenvalue weighted by Gasteiger charge is -2.21. The highest BCUT2D eigenvalue weighted by molar-refractivity contribution is 5.84. The number of ether oxygens (including phenoxy) is 1. The van der Waals surface area contributed by atoms with Crippen molar-refractivity contribution in [1.29, 1.82) is 0 Å². The zero-order chi connectivity index (χ0) is 17.2. The van der Waals surface area contributed by atoms with Gasteiger partial charge in [-0.05, 0) is 77.5 Å². The van der Waals surface area contributed by atoms with Crippen molar-refractivity contribution in [3.05, 3.63) is 71.8 Å². The van der Waals surface area contributed by atoms with E-state index in [0.29, 0.717) is 0 Å². The second-order valence-corrected chi connectivity index (χ2v) is 6.93. The fraction of sp³-hybridized carbons (Fsp3) is 0.273. The Morgan fingerprint density at radius 1 is 1.00 bits per heavy atom. The van der Waals surface area contributed by atoms with Crippen LogP contribution in [0.5, 0.6) is 5.75 Å². The molecule has 0 heterocycles. The fourth-order valence-electron chi connectivity index (χ4n) is 3.32. The van der Waals surface area contributed by atoms with Crippen molar-refractivity contribution in [2.45, 2.75) is 18.9 Å². The van der Waals surface area contributed by atoms with Gasteiger partial charge < -0.3 is 15.8 Å². The number of hydrogen-bond donors (Lipinski definition) is 2. The Kier molecular flexibility index (Phi) is 4.33. The Morgan fingerprint density at radius 3 is 2.52 bits per heavy atom. The van der Waals surface area contributed by atoms with E-state index in [4.69, 9.17) is 10.5 Å². The molecule has 1 aliphatic carbocycles. The van der Waals surface area contributed by atoms with Crippen LogP contribution in [0.4, 0.5) is 5.69 Å². The van der Waals surface area contributed by atoms with Crippen molar-refractivity contribution >= 4 is 16.5 Å². The van der Waals surface area contributed by atoms with Gasteiger partial charge in [0.25, 0.3) is 0 Å². The van der Waals surface area contributed by atoms with Crippen molar-refractivity contribution in [3.8, 4) is 5.75 Å². The van der Waals surface area contributed by atoms with E-state index in [9.17, 15) is 0 Å². The van der Waals surface area contributed by atoms with Crippen LogP contribution in [-0.2, 0) is 0 Å². The summed E-state index contributed by atoms with van der Waals surface area (Å²) in [4.78, 5) is 0. The number of rotatable bonds is 6. The van der Waals surface area contributed by atoms with Gasteiger partial charge in [-0.3, -0.25) is 0 Å². The standard InChI is InChI=1S/C22H24N2O/c1-25-21-10-9-16-11-19(8-7-17(16)13-21)22(24-14-15-5-6-15)18-3-2-4-20(23)12-18/h2-4,7-13,15,22,24H,5-6,14,23H2,1H3. The molecule has 3 aromatic carbocycles. The monoisotopic (exact) mass is 332 g/mol. The van der Waals surface area contributed by atoms with E-state index in [1.54, 1.807) is 7.11 Å². The maximum Gasteiger partial charge on any atom is 0.119 e. The van der Waals surface area contributed by atoms with Crippen LogP contribution < -0.4 is 15.8 Å². The third-order valence-corrected chi connectivity index (χ3v) is 4.96. The molecular weight excluding hydrogens is 308 g/mol. The summed E-state index contributed by atoms with van der Waals surface area (Å²) in [5, 5.41) is 6.16. The molecule has 1 fully saturated rings. The topological polar surface area (TPSA) is 47.3 Å². The molecule has 3 N–H and O–H groups in total. The summed E-state index contributed by atoms with van der Waals surface area (Å²) < 4.78 is 5.33. The number of anilines is 1. The molecule has 4 rings (SSSR count). The quantitative estimate of drug-likeness (QED) is 0.653. The molecule has 1 saturated carbocycles. The maximum absolute atomic E-state index is 6.02. The molecule has 3 nitrogen and oxygen atoms in total. The number of nitrogens with two attached hydrogens (primary N) is 1. The highest BCUT2D eigenvalue weighted by Gasteiger charge is 2.23. The highest BCUT2D eigenvalue weighted by Crippen LogP contribution is 2.32. The van der Waals surface area contributed by atoms with E-state index in [-0.39, 0.29) is 6.04 Å². The molecule has 25 heavy (non-hydrogen) atoms. The van der Waals surface area contributed by atoms with E-state index >= 15 is 0 Å². The minimum Gasteiger partial charge on any atom is -0.497 e. The molecule has 3 aromatic rings. The smallest absolute Gasteiger partial charge is 0.119 e. The molecule has 1 unspecified atom stereocenters. The third kappa shape index (κ3) is 3.62. The molecule has 0 aromatic heterocycles. The van der Waals surface area contributed by atoms with Crippen molar-refractivity contribution < 1.29 is 4.74 Å². The summed E-state index contributed by atoms with van der Waals surface area (Å²) in [5.41, 5.74) is 9.31.